The summed E-state index contributed by atoms with van der Waals surface area (Å²) >= 11 is 0. The van der Waals surface area contributed by atoms with E-state index in [1.807, 2.05) is 0 Å². The third-order valence-electron chi connectivity index (χ3n) is 1.62. The highest BCUT2D eigenvalue weighted by atomic mass is 16.6. The van der Waals surface area contributed by atoms with E-state index >= 15 is 0 Å². The van der Waals surface area contributed by atoms with Gasteiger partial charge in [0, 0.05) is 12.4 Å². The Balaban J connectivity index is 2.38. The predicted molar refractivity (Wildman–Crippen MR) is 67.6 cm³/mol. The number of anilines is 1. The van der Waals surface area contributed by atoms with Gasteiger partial charge < -0.3 is 15.8 Å². The largest absolute Gasteiger partial charge is 0.444 e. The number of carbonyl (C=O) groups excluding carboxylic acids is 1. The fourth-order valence-corrected chi connectivity index (χ4v) is 0.979. The molecule has 0 aliphatic carbocycles. The molecular weight excluding hydrogens is 232 g/mol. The molecule has 1 aromatic heterocycles. The maximum absolute atomic E-state index is 11.3. The Labute approximate surface area is 106 Å². The summed E-state index contributed by atoms with van der Waals surface area (Å²) in [5, 5.41) is 2.52. The van der Waals surface area contributed by atoms with Crippen LogP contribution in [0.2, 0.25) is 0 Å². The number of amides is 1. The molecule has 1 aromatic rings. The lowest BCUT2D eigenvalue weighted by Crippen LogP contribution is -2.32. The van der Waals surface area contributed by atoms with Gasteiger partial charge in [0.05, 0.1) is 12.1 Å². The lowest BCUT2D eigenvalue weighted by molar-refractivity contribution is 0.0535. The lowest BCUT2D eigenvalue weighted by Gasteiger charge is -2.18. The zero-order valence-electron chi connectivity index (χ0n) is 10.7. The molecular formula is C12H16N4O2. The van der Waals surface area contributed by atoms with Crippen LogP contribution in [0.5, 0.6) is 0 Å². The quantitative estimate of drug-likeness (QED) is 0.722. The van der Waals surface area contributed by atoms with E-state index in [9.17, 15) is 4.79 Å². The number of hydrogen-bond donors (Lipinski definition) is 2. The molecule has 18 heavy (non-hydrogen) atoms. The minimum absolute atomic E-state index is 0.194. The van der Waals surface area contributed by atoms with Crippen LogP contribution in [0.4, 0.5) is 10.7 Å². The van der Waals surface area contributed by atoms with Crippen molar-refractivity contribution in [3.8, 4) is 11.8 Å². The monoisotopic (exact) mass is 248 g/mol. The van der Waals surface area contributed by atoms with Crippen molar-refractivity contribution in [2.24, 2.45) is 0 Å². The van der Waals surface area contributed by atoms with Crippen LogP contribution >= 0.6 is 0 Å². The maximum Gasteiger partial charge on any atom is 0.408 e. The molecule has 0 aromatic carbocycles. The molecule has 0 aliphatic heterocycles. The molecule has 96 valence electrons. The number of aromatic nitrogens is 2. The first-order valence-corrected chi connectivity index (χ1v) is 5.40. The van der Waals surface area contributed by atoms with Crippen LogP contribution in [0.15, 0.2) is 12.4 Å². The highest BCUT2D eigenvalue weighted by molar-refractivity contribution is 5.68. The number of carbonyl (C=O) groups is 1. The first-order valence-electron chi connectivity index (χ1n) is 5.40. The predicted octanol–water partition coefficient (Wildman–Crippen LogP) is 0.935. The number of ether oxygens (including phenoxy) is 1. The highest BCUT2D eigenvalue weighted by Gasteiger charge is 2.14. The Bertz CT molecular complexity index is 466. The highest BCUT2D eigenvalue weighted by Crippen LogP contribution is 2.05. The van der Waals surface area contributed by atoms with Crippen LogP contribution in [0.25, 0.3) is 0 Å². The van der Waals surface area contributed by atoms with E-state index in [2.05, 4.69) is 27.1 Å². The van der Waals surface area contributed by atoms with Crippen LogP contribution in [0, 0.1) is 11.8 Å². The normalized spacial score (nSPS) is 10.2. The van der Waals surface area contributed by atoms with Crippen molar-refractivity contribution in [2.75, 3.05) is 12.3 Å². The van der Waals surface area contributed by atoms with Gasteiger partial charge in [0.1, 0.15) is 5.60 Å². The molecule has 0 spiro atoms. The number of alkyl carbamates (subject to hydrolysis) is 1. The summed E-state index contributed by atoms with van der Waals surface area (Å²) in [4.78, 5) is 18.9. The Morgan fingerprint density at radius 2 is 2.06 bits per heavy atom. The molecule has 3 N–H and O–H groups in total. The molecule has 1 heterocycles. The molecule has 0 atom stereocenters. The van der Waals surface area contributed by atoms with Crippen molar-refractivity contribution in [2.45, 2.75) is 26.4 Å². The van der Waals surface area contributed by atoms with Crippen molar-refractivity contribution < 1.29 is 9.53 Å². The third kappa shape index (κ3) is 5.70. The number of nitrogens with one attached hydrogen (secondary N) is 1. The molecule has 0 aliphatic rings. The van der Waals surface area contributed by atoms with E-state index < -0.39 is 11.7 Å². The van der Waals surface area contributed by atoms with E-state index in [4.69, 9.17) is 10.5 Å². The summed E-state index contributed by atoms with van der Waals surface area (Å²) in [5.41, 5.74) is 5.46. The summed E-state index contributed by atoms with van der Waals surface area (Å²) in [5.74, 6) is 5.75. The van der Waals surface area contributed by atoms with Gasteiger partial charge in [-0.3, -0.25) is 0 Å². The van der Waals surface area contributed by atoms with Crippen molar-refractivity contribution in [3.05, 3.63) is 18.0 Å². The molecule has 1 rings (SSSR count). The minimum Gasteiger partial charge on any atom is -0.444 e. The van der Waals surface area contributed by atoms with Crippen LogP contribution in [0.1, 0.15) is 26.3 Å². The second-order valence-corrected chi connectivity index (χ2v) is 4.49. The van der Waals surface area contributed by atoms with Gasteiger partial charge in [0.2, 0.25) is 5.95 Å². The van der Waals surface area contributed by atoms with Crippen LogP contribution < -0.4 is 11.1 Å². The lowest BCUT2D eigenvalue weighted by atomic mass is 10.2. The second-order valence-electron chi connectivity index (χ2n) is 4.49. The van der Waals surface area contributed by atoms with Gasteiger partial charge in [-0.2, -0.15) is 0 Å². The summed E-state index contributed by atoms with van der Waals surface area (Å²) in [6.45, 7) is 5.58. The molecule has 0 saturated carbocycles. The zero-order valence-corrected chi connectivity index (χ0v) is 10.7. The fraction of sp³-hybridized carbons (Fsp3) is 0.417. The molecule has 0 saturated heterocycles. The maximum atomic E-state index is 11.3. The Morgan fingerprint density at radius 1 is 1.44 bits per heavy atom. The third-order valence-corrected chi connectivity index (χ3v) is 1.62. The van der Waals surface area contributed by atoms with Gasteiger partial charge in [-0.25, -0.2) is 14.8 Å². The number of hydrogen-bond acceptors (Lipinski definition) is 5. The molecule has 1 amide bonds. The smallest absolute Gasteiger partial charge is 0.408 e. The average Bonchev–Trinajstić information content (AvgIpc) is 2.24. The Morgan fingerprint density at radius 3 is 2.61 bits per heavy atom. The van der Waals surface area contributed by atoms with Crippen molar-refractivity contribution in [1.29, 1.82) is 0 Å². The number of rotatable bonds is 1. The Hall–Kier alpha value is -2.29. The fourth-order valence-electron chi connectivity index (χ4n) is 0.979. The summed E-state index contributed by atoms with van der Waals surface area (Å²) in [6.07, 6.45) is 2.54. The van der Waals surface area contributed by atoms with Gasteiger partial charge in [-0.1, -0.05) is 11.8 Å². The van der Waals surface area contributed by atoms with E-state index in [1.165, 1.54) is 12.4 Å². The number of nitrogens with zero attached hydrogens (tertiary/aromatic N) is 2. The van der Waals surface area contributed by atoms with Gasteiger partial charge in [-0.15, -0.1) is 0 Å². The number of nitrogen functional groups attached to an aromatic ring is 1. The first-order chi connectivity index (χ1) is 8.37. The molecule has 0 fully saturated rings. The first kappa shape index (κ1) is 13.8. The van der Waals surface area contributed by atoms with Gasteiger partial charge in [-0.05, 0) is 20.8 Å². The van der Waals surface area contributed by atoms with Gasteiger partial charge >= 0.3 is 6.09 Å². The molecule has 0 radical (unpaired) electrons. The molecule has 6 nitrogen and oxygen atoms in total. The summed E-state index contributed by atoms with van der Waals surface area (Å²) in [6, 6.07) is 0. The number of nitrogens with two attached hydrogens (primary N) is 1. The van der Waals surface area contributed by atoms with Crippen LogP contribution in [-0.4, -0.2) is 28.2 Å². The molecule has 0 bridgehead atoms. The van der Waals surface area contributed by atoms with Gasteiger partial charge in [0.25, 0.3) is 0 Å². The summed E-state index contributed by atoms with van der Waals surface area (Å²) < 4.78 is 5.05. The summed E-state index contributed by atoms with van der Waals surface area (Å²) in [7, 11) is 0. The van der Waals surface area contributed by atoms with Crippen molar-refractivity contribution in [1.82, 2.24) is 15.3 Å². The minimum atomic E-state index is -0.512. The Kier molecular flexibility index (Phi) is 4.49. The average molecular weight is 248 g/mol. The second kappa shape index (κ2) is 5.87. The van der Waals surface area contributed by atoms with Crippen LogP contribution in [0.3, 0.4) is 0 Å². The van der Waals surface area contributed by atoms with Gasteiger partial charge in [0.15, 0.2) is 0 Å². The molecule has 0 unspecified atom stereocenters. The van der Waals surface area contributed by atoms with E-state index in [-0.39, 0.29) is 12.5 Å². The molecule has 6 heteroatoms. The van der Waals surface area contributed by atoms with E-state index in [0.717, 1.165) is 0 Å². The van der Waals surface area contributed by atoms with E-state index in [1.54, 1.807) is 20.8 Å². The van der Waals surface area contributed by atoms with E-state index in [0.29, 0.717) is 5.56 Å². The van der Waals surface area contributed by atoms with Crippen molar-refractivity contribution >= 4 is 12.0 Å². The zero-order chi connectivity index (χ0) is 13.6. The van der Waals surface area contributed by atoms with Crippen molar-refractivity contribution in [3.63, 3.8) is 0 Å². The topological polar surface area (TPSA) is 90.1 Å². The van der Waals surface area contributed by atoms with Crippen LogP contribution in [-0.2, 0) is 4.74 Å². The standard InChI is InChI=1S/C12H16N4O2/c1-12(2,3)18-11(17)14-6-4-5-9-7-15-10(13)16-8-9/h7-8H,6H2,1-3H3,(H,14,17)(H2,13,15,16). The SMILES string of the molecule is CC(C)(C)OC(=O)NCC#Cc1cnc(N)nc1.